The molecule has 27 heavy (non-hydrogen) atoms. The lowest BCUT2D eigenvalue weighted by Crippen LogP contribution is -2.15. The lowest BCUT2D eigenvalue weighted by atomic mass is 10.0. The maximum atomic E-state index is 13.1. The van der Waals surface area contributed by atoms with Gasteiger partial charge in [-0.1, -0.05) is 37.2 Å². The van der Waals surface area contributed by atoms with Crippen molar-refractivity contribution in [1.29, 1.82) is 5.26 Å². The molecule has 2 aromatic carbocycles. The zero-order valence-corrected chi connectivity index (χ0v) is 16.0. The average Bonchev–Trinajstić information content (AvgIpc) is 3.07. The van der Waals surface area contributed by atoms with Gasteiger partial charge in [0.05, 0.1) is 27.9 Å². The van der Waals surface area contributed by atoms with Crippen molar-refractivity contribution >= 4 is 15.7 Å². The van der Waals surface area contributed by atoms with Crippen LogP contribution in [-0.4, -0.2) is 13.6 Å². The van der Waals surface area contributed by atoms with E-state index in [2.05, 4.69) is 9.88 Å². The number of rotatable bonds is 5. The Hall–Kier alpha value is -3.11. The molecular weight excluding hydrogens is 362 g/mol. The second kappa shape index (κ2) is 7.25. The Morgan fingerprint density at radius 2 is 1.93 bits per heavy atom. The molecule has 0 unspecified atom stereocenters. The summed E-state index contributed by atoms with van der Waals surface area (Å²) in [7, 11) is -3.86. The highest BCUT2D eigenvalue weighted by atomic mass is 32.2. The molecular formula is C20H19N3O3S. The van der Waals surface area contributed by atoms with Gasteiger partial charge in [0.2, 0.25) is 0 Å². The normalized spacial score (nSPS) is 11.4. The number of nitrogens with one attached hydrogen (secondary N) is 1. The van der Waals surface area contributed by atoms with E-state index in [9.17, 15) is 8.42 Å². The van der Waals surface area contributed by atoms with Gasteiger partial charge in [-0.2, -0.15) is 5.26 Å². The van der Waals surface area contributed by atoms with Crippen LogP contribution in [0.3, 0.4) is 0 Å². The van der Waals surface area contributed by atoms with Crippen molar-refractivity contribution in [3.05, 3.63) is 65.4 Å². The number of anilines is 1. The summed E-state index contributed by atoms with van der Waals surface area (Å²) < 4.78 is 34.0. The summed E-state index contributed by atoms with van der Waals surface area (Å²) >= 11 is 0. The van der Waals surface area contributed by atoms with Crippen molar-refractivity contribution < 1.29 is 12.9 Å². The minimum Gasteiger partial charge on any atom is -0.356 e. The fourth-order valence-electron chi connectivity index (χ4n) is 2.76. The number of benzene rings is 2. The summed E-state index contributed by atoms with van der Waals surface area (Å²) in [6.45, 7) is 5.67. The van der Waals surface area contributed by atoms with Crippen LogP contribution >= 0.6 is 0 Å². The molecule has 7 heteroatoms. The number of sulfonamides is 1. The Morgan fingerprint density at radius 3 is 2.56 bits per heavy atom. The minimum atomic E-state index is -3.86. The highest BCUT2D eigenvalue weighted by molar-refractivity contribution is 7.92. The second-order valence-corrected chi connectivity index (χ2v) is 8.19. The Labute approximate surface area is 158 Å². The van der Waals surface area contributed by atoms with Gasteiger partial charge in [-0.25, -0.2) is 8.42 Å². The number of nitrogens with zero attached hydrogens (tertiary/aromatic N) is 2. The molecule has 0 aliphatic heterocycles. The van der Waals surface area contributed by atoms with Gasteiger partial charge >= 0.3 is 0 Å². The van der Waals surface area contributed by atoms with Gasteiger partial charge < -0.3 is 4.52 Å². The molecule has 6 nitrogen and oxygen atoms in total. The first-order valence-corrected chi connectivity index (χ1v) is 9.89. The summed E-state index contributed by atoms with van der Waals surface area (Å²) in [6, 6.07) is 15.3. The number of hydrogen-bond donors (Lipinski definition) is 1. The van der Waals surface area contributed by atoms with Gasteiger partial charge in [0, 0.05) is 11.6 Å². The quantitative estimate of drug-likeness (QED) is 0.704. The van der Waals surface area contributed by atoms with Crippen LogP contribution in [-0.2, 0) is 10.0 Å². The van der Waals surface area contributed by atoms with Crippen molar-refractivity contribution in [3.8, 4) is 17.4 Å². The summed E-state index contributed by atoms with van der Waals surface area (Å²) in [4.78, 5) is 0.173. The van der Waals surface area contributed by atoms with Gasteiger partial charge in [-0.15, -0.1) is 0 Å². The van der Waals surface area contributed by atoms with E-state index >= 15 is 0 Å². The van der Waals surface area contributed by atoms with Crippen molar-refractivity contribution in [2.24, 2.45) is 0 Å². The molecule has 0 saturated heterocycles. The van der Waals surface area contributed by atoms with Crippen molar-refractivity contribution in [2.75, 3.05) is 4.72 Å². The smallest absolute Gasteiger partial charge is 0.262 e. The summed E-state index contributed by atoms with van der Waals surface area (Å²) in [6.07, 6.45) is 0. The molecule has 0 radical (unpaired) electrons. The molecule has 0 spiro atoms. The van der Waals surface area contributed by atoms with Gasteiger partial charge in [0.25, 0.3) is 10.0 Å². The third-order valence-electron chi connectivity index (χ3n) is 4.08. The van der Waals surface area contributed by atoms with Crippen LogP contribution in [0, 0.1) is 18.3 Å². The lowest BCUT2D eigenvalue weighted by Gasteiger charge is -2.16. The number of aryl methyl sites for hydroxylation is 1. The third kappa shape index (κ3) is 4.01. The molecule has 3 aromatic rings. The van der Waals surface area contributed by atoms with Crippen LogP contribution in [0.15, 0.2) is 57.9 Å². The molecule has 0 amide bonds. The Bertz CT molecular complexity index is 1130. The predicted molar refractivity (Wildman–Crippen MR) is 103 cm³/mol. The van der Waals surface area contributed by atoms with Crippen LogP contribution < -0.4 is 4.72 Å². The monoisotopic (exact) mass is 381 g/mol. The molecule has 1 aromatic heterocycles. The van der Waals surface area contributed by atoms with E-state index in [0.717, 1.165) is 0 Å². The number of hydrogen-bond acceptors (Lipinski definition) is 5. The molecule has 0 fully saturated rings. The first-order chi connectivity index (χ1) is 12.8. The van der Waals surface area contributed by atoms with Crippen molar-refractivity contribution in [2.45, 2.75) is 31.6 Å². The highest BCUT2D eigenvalue weighted by Crippen LogP contribution is 2.31. The number of aromatic nitrogens is 1. The maximum absolute atomic E-state index is 13.1. The van der Waals surface area contributed by atoms with E-state index in [4.69, 9.17) is 9.78 Å². The van der Waals surface area contributed by atoms with E-state index in [1.807, 2.05) is 26.0 Å². The average molecular weight is 381 g/mol. The predicted octanol–water partition coefficient (Wildman–Crippen LogP) is 4.45. The zero-order valence-electron chi connectivity index (χ0n) is 15.2. The summed E-state index contributed by atoms with van der Waals surface area (Å²) in [5, 5.41) is 12.9. The fraction of sp³-hybridized carbons (Fsp3) is 0.200. The van der Waals surface area contributed by atoms with Gasteiger partial charge in [-0.3, -0.25) is 4.72 Å². The van der Waals surface area contributed by atoms with Crippen molar-refractivity contribution in [3.63, 3.8) is 0 Å². The maximum Gasteiger partial charge on any atom is 0.262 e. The topological polar surface area (TPSA) is 96.0 Å². The first kappa shape index (κ1) is 18.7. The molecule has 138 valence electrons. The third-order valence-corrected chi connectivity index (χ3v) is 5.52. The van der Waals surface area contributed by atoms with Crippen LogP contribution in [0.5, 0.6) is 0 Å². The van der Waals surface area contributed by atoms with Gasteiger partial charge in [0.1, 0.15) is 0 Å². The Balaban J connectivity index is 2.07. The Kier molecular flexibility index (Phi) is 5.02. The van der Waals surface area contributed by atoms with E-state index < -0.39 is 10.0 Å². The first-order valence-electron chi connectivity index (χ1n) is 8.41. The second-order valence-electron chi connectivity index (χ2n) is 6.54. The van der Waals surface area contributed by atoms with Crippen LogP contribution in [0.25, 0.3) is 11.3 Å². The standard InChI is InChI=1S/C20H19N3O3S/c1-13(2)18-8-7-16(19-9-14(3)22-26-19)11-20(18)27(24,25)23-17-6-4-5-15(10-17)12-21/h4-11,13,23H,1-3H3. The van der Waals surface area contributed by atoms with E-state index in [1.165, 1.54) is 6.07 Å². The number of nitriles is 1. The molecule has 1 heterocycles. The van der Waals surface area contributed by atoms with Gasteiger partial charge in [0.15, 0.2) is 5.76 Å². The van der Waals surface area contributed by atoms with Crippen molar-refractivity contribution in [1.82, 2.24) is 5.16 Å². The summed E-state index contributed by atoms with van der Waals surface area (Å²) in [5.41, 5.74) is 2.76. The fourth-order valence-corrected chi connectivity index (χ4v) is 4.20. The zero-order chi connectivity index (χ0) is 19.6. The molecule has 0 bridgehead atoms. The van der Waals surface area contributed by atoms with Gasteiger partial charge in [-0.05, 0) is 42.7 Å². The Morgan fingerprint density at radius 1 is 1.15 bits per heavy atom. The molecule has 3 rings (SSSR count). The molecule has 0 aliphatic rings. The molecule has 0 atom stereocenters. The summed E-state index contributed by atoms with van der Waals surface area (Å²) in [5.74, 6) is 0.512. The van der Waals surface area contributed by atoms with E-state index in [1.54, 1.807) is 43.3 Å². The van der Waals surface area contributed by atoms with E-state index in [0.29, 0.717) is 33.8 Å². The molecule has 1 N–H and O–H groups in total. The minimum absolute atomic E-state index is 0.00697. The highest BCUT2D eigenvalue weighted by Gasteiger charge is 2.22. The SMILES string of the molecule is Cc1cc(-c2ccc(C(C)C)c(S(=O)(=O)Nc3cccc(C#N)c3)c2)on1. The molecule has 0 aliphatic carbocycles. The van der Waals surface area contributed by atoms with Crippen LogP contribution in [0.4, 0.5) is 5.69 Å². The largest absolute Gasteiger partial charge is 0.356 e. The lowest BCUT2D eigenvalue weighted by molar-refractivity contribution is 0.427. The van der Waals surface area contributed by atoms with Crippen LogP contribution in [0.1, 0.15) is 36.6 Å². The molecule has 0 saturated carbocycles. The van der Waals surface area contributed by atoms with Crippen LogP contribution in [0.2, 0.25) is 0 Å². The van der Waals surface area contributed by atoms with E-state index in [-0.39, 0.29) is 10.8 Å².